The van der Waals surface area contributed by atoms with E-state index < -0.39 is 0 Å². The van der Waals surface area contributed by atoms with Gasteiger partial charge in [-0.2, -0.15) is 0 Å². The third kappa shape index (κ3) is 5.96. The van der Waals surface area contributed by atoms with Gasteiger partial charge in [-0.25, -0.2) is 0 Å². The first-order valence-electron chi connectivity index (χ1n) is 13.2. The van der Waals surface area contributed by atoms with Gasteiger partial charge in [-0.3, -0.25) is 4.79 Å². The second-order valence-electron chi connectivity index (χ2n) is 10.6. The van der Waals surface area contributed by atoms with E-state index in [1.54, 1.807) is 0 Å². The van der Waals surface area contributed by atoms with Crippen molar-refractivity contribution in [3.05, 3.63) is 64.7 Å². The molecule has 0 spiro atoms. The van der Waals surface area contributed by atoms with Crippen molar-refractivity contribution in [1.29, 1.82) is 0 Å². The molecule has 5 nitrogen and oxygen atoms in total. The molecule has 3 aliphatic rings. The highest BCUT2D eigenvalue weighted by atomic mass is 16.5. The molecule has 2 aromatic rings. The molecule has 1 amide bonds. The fraction of sp³-hybridized carbons (Fsp3) is 0.500. The molecule has 0 aromatic heterocycles. The van der Waals surface area contributed by atoms with Crippen LogP contribution in [-0.4, -0.2) is 56.3 Å². The van der Waals surface area contributed by atoms with Crippen molar-refractivity contribution in [2.75, 3.05) is 33.4 Å². The molecule has 2 heterocycles. The zero-order chi connectivity index (χ0) is 24.2. The molecule has 1 N–H and O–H groups in total. The molecular formula is C30H38N2O3. The Morgan fingerprint density at radius 3 is 2.49 bits per heavy atom. The molecular weight excluding hydrogens is 436 g/mol. The van der Waals surface area contributed by atoms with Gasteiger partial charge >= 0.3 is 0 Å². The standard InChI is InChI=1S/C30H38N2O3/c1-21-3-7-23(8-4-21)26-18-25-17-24(9-12-29(25)35-20-26)30(33)31-27-10-5-22(6-11-27)19-32(2)28-13-15-34-16-14-28/h3-4,7-9,12,17-18,22,27-28H,5-6,10-11,13-16,19-20H2,1-2H3,(H,31,33). The summed E-state index contributed by atoms with van der Waals surface area (Å²) in [5.41, 5.74) is 5.22. The van der Waals surface area contributed by atoms with Gasteiger partial charge in [0, 0.05) is 43.0 Å². The van der Waals surface area contributed by atoms with Crippen molar-refractivity contribution in [3.63, 3.8) is 0 Å². The van der Waals surface area contributed by atoms with Crippen LogP contribution in [0.25, 0.3) is 11.6 Å². The first kappa shape index (κ1) is 24.1. The van der Waals surface area contributed by atoms with Crippen molar-refractivity contribution >= 4 is 17.6 Å². The Morgan fingerprint density at radius 1 is 1.00 bits per heavy atom. The molecule has 0 bridgehead atoms. The minimum atomic E-state index is 0.0198. The number of carbonyl (C=O) groups is 1. The summed E-state index contributed by atoms with van der Waals surface area (Å²) in [6.45, 7) is 5.59. The summed E-state index contributed by atoms with van der Waals surface area (Å²) in [6, 6.07) is 15.2. The van der Waals surface area contributed by atoms with Gasteiger partial charge in [0.15, 0.2) is 0 Å². The van der Waals surface area contributed by atoms with Gasteiger partial charge in [0.1, 0.15) is 12.4 Å². The predicted octanol–water partition coefficient (Wildman–Crippen LogP) is 5.33. The summed E-state index contributed by atoms with van der Waals surface area (Å²) in [4.78, 5) is 15.6. The predicted molar refractivity (Wildman–Crippen MR) is 141 cm³/mol. The fourth-order valence-corrected chi connectivity index (χ4v) is 5.69. The topological polar surface area (TPSA) is 50.8 Å². The van der Waals surface area contributed by atoms with Crippen molar-refractivity contribution in [2.24, 2.45) is 5.92 Å². The minimum absolute atomic E-state index is 0.0198. The fourth-order valence-electron chi connectivity index (χ4n) is 5.69. The molecule has 2 aromatic carbocycles. The third-order valence-corrected chi connectivity index (χ3v) is 7.95. The lowest BCUT2D eigenvalue weighted by Gasteiger charge is -2.36. The van der Waals surface area contributed by atoms with Crippen LogP contribution >= 0.6 is 0 Å². The molecule has 0 unspecified atom stereocenters. The first-order chi connectivity index (χ1) is 17.0. The normalized spacial score (nSPS) is 22.8. The van der Waals surface area contributed by atoms with Gasteiger partial charge in [0.25, 0.3) is 5.91 Å². The van der Waals surface area contributed by atoms with Crippen LogP contribution in [-0.2, 0) is 4.74 Å². The number of hydrogen-bond donors (Lipinski definition) is 1. The van der Waals surface area contributed by atoms with Crippen LogP contribution in [0.5, 0.6) is 5.75 Å². The van der Waals surface area contributed by atoms with Crippen LogP contribution in [0.15, 0.2) is 42.5 Å². The smallest absolute Gasteiger partial charge is 0.251 e. The highest BCUT2D eigenvalue weighted by Gasteiger charge is 2.26. The van der Waals surface area contributed by atoms with Gasteiger partial charge in [-0.1, -0.05) is 29.8 Å². The number of benzene rings is 2. The van der Waals surface area contributed by atoms with E-state index in [1.165, 1.54) is 18.4 Å². The van der Waals surface area contributed by atoms with Gasteiger partial charge < -0.3 is 19.7 Å². The van der Waals surface area contributed by atoms with E-state index in [0.29, 0.717) is 18.2 Å². The SMILES string of the molecule is Cc1ccc(C2=Cc3cc(C(=O)NC4CCC(CN(C)C5CCOCC5)CC4)ccc3OC2)cc1. The van der Waals surface area contributed by atoms with E-state index in [1.807, 2.05) is 18.2 Å². The van der Waals surface area contributed by atoms with Crippen LogP contribution in [0.3, 0.4) is 0 Å². The summed E-state index contributed by atoms with van der Waals surface area (Å²) < 4.78 is 11.5. The molecule has 5 heteroatoms. The average molecular weight is 475 g/mol. The number of carbonyl (C=O) groups excluding carboxylic acids is 1. The van der Waals surface area contributed by atoms with Crippen LogP contribution in [0.2, 0.25) is 0 Å². The highest BCUT2D eigenvalue weighted by molar-refractivity contribution is 5.96. The lowest BCUT2D eigenvalue weighted by molar-refractivity contribution is 0.0356. The van der Waals surface area contributed by atoms with E-state index in [0.717, 1.165) is 73.8 Å². The van der Waals surface area contributed by atoms with Gasteiger partial charge in [-0.05, 0) is 93.8 Å². The molecule has 186 valence electrons. The molecule has 2 fully saturated rings. The number of hydrogen-bond acceptors (Lipinski definition) is 4. The summed E-state index contributed by atoms with van der Waals surface area (Å²) in [6.07, 6.45) is 8.93. The lowest BCUT2D eigenvalue weighted by atomic mass is 9.85. The van der Waals surface area contributed by atoms with E-state index in [-0.39, 0.29) is 11.9 Å². The summed E-state index contributed by atoms with van der Waals surface area (Å²) in [5.74, 6) is 1.58. The summed E-state index contributed by atoms with van der Waals surface area (Å²) >= 11 is 0. The Kier molecular flexibility index (Phi) is 7.54. The summed E-state index contributed by atoms with van der Waals surface area (Å²) in [5, 5.41) is 3.30. The maximum Gasteiger partial charge on any atom is 0.251 e. The monoisotopic (exact) mass is 474 g/mol. The Labute approximate surface area is 209 Å². The molecule has 35 heavy (non-hydrogen) atoms. The average Bonchev–Trinajstić information content (AvgIpc) is 2.90. The van der Waals surface area contributed by atoms with Crippen molar-refractivity contribution < 1.29 is 14.3 Å². The van der Waals surface area contributed by atoms with Crippen LogP contribution in [0.4, 0.5) is 0 Å². The van der Waals surface area contributed by atoms with Crippen molar-refractivity contribution in [1.82, 2.24) is 10.2 Å². The number of ether oxygens (including phenoxy) is 2. The summed E-state index contributed by atoms with van der Waals surface area (Å²) in [7, 11) is 2.27. The Hall–Kier alpha value is -2.63. The van der Waals surface area contributed by atoms with Crippen LogP contribution in [0, 0.1) is 12.8 Å². The van der Waals surface area contributed by atoms with E-state index >= 15 is 0 Å². The lowest BCUT2D eigenvalue weighted by Crippen LogP contribution is -2.42. The number of nitrogens with one attached hydrogen (secondary N) is 1. The second kappa shape index (κ2) is 11.0. The molecule has 1 saturated heterocycles. The van der Waals surface area contributed by atoms with Crippen molar-refractivity contribution in [3.8, 4) is 5.75 Å². The third-order valence-electron chi connectivity index (χ3n) is 7.95. The molecule has 1 aliphatic carbocycles. The second-order valence-corrected chi connectivity index (χ2v) is 10.6. The molecule has 1 saturated carbocycles. The van der Waals surface area contributed by atoms with Gasteiger partial charge in [0.2, 0.25) is 0 Å². The van der Waals surface area contributed by atoms with Crippen LogP contribution in [0.1, 0.15) is 65.6 Å². The number of amides is 1. The maximum atomic E-state index is 13.1. The Morgan fingerprint density at radius 2 is 1.74 bits per heavy atom. The van der Waals surface area contributed by atoms with Gasteiger partial charge in [-0.15, -0.1) is 0 Å². The number of fused-ring (bicyclic) bond motifs is 1. The van der Waals surface area contributed by atoms with E-state index in [4.69, 9.17) is 9.47 Å². The largest absolute Gasteiger partial charge is 0.488 e. The van der Waals surface area contributed by atoms with E-state index in [2.05, 4.69) is 54.5 Å². The van der Waals surface area contributed by atoms with Gasteiger partial charge in [0.05, 0.1) is 0 Å². The Bertz CT molecular complexity index is 1050. The van der Waals surface area contributed by atoms with E-state index in [9.17, 15) is 4.79 Å². The Balaban J connectivity index is 1.15. The number of rotatable bonds is 6. The maximum absolute atomic E-state index is 13.1. The highest BCUT2D eigenvalue weighted by Crippen LogP contribution is 2.32. The molecule has 0 atom stereocenters. The van der Waals surface area contributed by atoms with Crippen LogP contribution < -0.4 is 10.1 Å². The minimum Gasteiger partial charge on any atom is -0.488 e. The number of nitrogens with zero attached hydrogens (tertiary/aromatic N) is 1. The zero-order valence-electron chi connectivity index (χ0n) is 21.1. The number of aryl methyl sites for hydroxylation is 1. The first-order valence-corrected chi connectivity index (χ1v) is 13.2. The molecule has 0 radical (unpaired) electrons. The molecule has 2 aliphatic heterocycles. The van der Waals surface area contributed by atoms with Crippen molar-refractivity contribution in [2.45, 2.75) is 57.5 Å². The zero-order valence-corrected chi connectivity index (χ0v) is 21.1. The quantitative estimate of drug-likeness (QED) is 0.615. The molecule has 5 rings (SSSR count).